The Kier molecular flexibility index (Phi) is 4.01. The molecule has 0 saturated carbocycles. The maximum Gasteiger partial charge on any atom is 0.249 e. The minimum absolute atomic E-state index is 0.0346. The molecule has 0 aliphatic heterocycles. The van der Waals surface area contributed by atoms with E-state index in [0.717, 1.165) is 6.26 Å². The molecule has 0 spiro atoms. The molecule has 0 heterocycles. The molecule has 22 heavy (non-hydrogen) atoms. The van der Waals surface area contributed by atoms with Crippen molar-refractivity contribution in [2.45, 2.75) is 4.90 Å². The first kappa shape index (κ1) is 15.7. The van der Waals surface area contributed by atoms with Crippen LogP contribution in [0.1, 0.15) is 20.7 Å². The van der Waals surface area contributed by atoms with Crippen molar-refractivity contribution in [1.82, 2.24) is 0 Å². The summed E-state index contributed by atoms with van der Waals surface area (Å²) in [4.78, 5) is 22.9. The summed E-state index contributed by atoms with van der Waals surface area (Å²) in [6.07, 6.45) is 1.08. The Morgan fingerprint density at radius 1 is 0.909 bits per heavy atom. The fourth-order valence-corrected chi connectivity index (χ4v) is 3.05. The van der Waals surface area contributed by atoms with Crippen LogP contribution in [-0.2, 0) is 9.84 Å². The highest BCUT2D eigenvalue weighted by atomic mass is 32.2. The Morgan fingerprint density at radius 2 is 1.55 bits per heavy atom. The van der Waals surface area contributed by atoms with Gasteiger partial charge in [0.25, 0.3) is 0 Å². The molecule has 2 amide bonds. The summed E-state index contributed by atoms with van der Waals surface area (Å²) in [5, 5.41) is 0. The van der Waals surface area contributed by atoms with Crippen LogP contribution in [0, 0.1) is 0 Å². The second-order valence-electron chi connectivity index (χ2n) is 4.76. The van der Waals surface area contributed by atoms with Crippen molar-refractivity contribution >= 4 is 21.7 Å². The predicted octanol–water partition coefficient (Wildman–Crippen LogP) is 0.955. The number of carbonyl (C=O) groups is 2. The van der Waals surface area contributed by atoms with Crippen LogP contribution in [0.15, 0.2) is 47.4 Å². The van der Waals surface area contributed by atoms with Crippen LogP contribution >= 0.6 is 0 Å². The Hall–Kier alpha value is -2.67. The molecule has 2 aromatic rings. The monoisotopic (exact) mass is 318 g/mol. The lowest BCUT2D eigenvalue weighted by Gasteiger charge is -2.12. The molecule has 0 atom stereocenters. The normalized spacial score (nSPS) is 11.1. The van der Waals surface area contributed by atoms with Gasteiger partial charge in [-0.25, -0.2) is 8.42 Å². The third-order valence-corrected chi connectivity index (χ3v) is 4.30. The summed E-state index contributed by atoms with van der Waals surface area (Å²) in [5.74, 6) is -1.48. The largest absolute Gasteiger partial charge is 0.366 e. The van der Waals surface area contributed by atoms with Crippen molar-refractivity contribution < 1.29 is 18.0 Å². The summed E-state index contributed by atoms with van der Waals surface area (Å²) in [7, 11) is -3.49. The maximum atomic E-state index is 11.9. The minimum Gasteiger partial charge on any atom is -0.366 e. The highest BCUT2D eigenvalue weighted by Crippen LogP contribution is 2.30. The average molecular weight is 318 g/mol. The fraction of sp³-hybridized carbons (Fsp3) is 0.0667. The molecule has 0 unspecified atom stereocenters. The van der Waals surface area contributed by atoms with E-state index in [-0.39, 0.29) is 16.0 Å². The van der Waals surface area contributed by atoms with Crippen LogP contribution in [0.2, 0.25) is 0 Å². The summed E-state index contributed by atoms with van der Waals surface area (Å²) in [6, 6.07) is 10.4. The predicted molar refractivity (Wildman–Crippen MR) is 82.0 cm³/mol. The summed E-state index contributed by atoms with van der Waals surface area (Å²) in [6.45, 7) is 0. The van der Waals surface area contributed by atoms with E-state index in [0.29, 0.717) is 11.1 Å². The number of rotatable bonds is 4. The third-order valence-electron chi connectivity index (χ3n) is 3.15. The lowest BCUT2D eigenvalue weighted by molar-refractivity contribution is 0.0999. The van der Waals surface area contributed by atoms with Crippen LogP contribution in [0.5, 0.6) is 0 Å². The highest BCUT2D eigenvalue weighted by molar-refractivity contribution is 7.90. The van der Waals surface area contributed by atoms with Crippen molar-refractivity contribution in [2.75, 3.05) is 6.26 Å². The first-order valence-corrected chi connectivity index (χ1v) is 8.14. The van der Waals surface area contributed by atoms with E-state index >= 15 is 0 Å². The Bertz CT molecular complexity index is 873. The van der Waals surface area contributed by atoms with E-state index in [1.807, 2.05) is 0 Å². The van der Waals surface area contributed by atoms with Gasteiger partial charge in [0.05, 0.1) is 4.90 Å². The van der Waals surface area contributed by atoms with Gasteiger partial charge in [-0.15, -0.1) is 0 Å². The second-order valence-corrected chi connectivity index (χ2v) is 6.74. The van der Waals surface area contributed by atoms with E-state index in [9.17, 15) is 18.0 Å². The molecule has 0 bridgehead atoms. The van der Waals surface area contributed by atoms with Crippen LogP contribution < -0.4 is 11.5 Å². The number of carbonyl (C=O) groups excluding carboxylic acids is 2. The molecule has 2 rings (SSSR count). The summed E-state index contributed by atoms with van der Waals surface area (Å²) < 4.78 is 23.8. The molecule has 0 aliphatic rings. The van der Waals surface area contributed by atoms with Crippen molar-refractivity contribution in [2.24, 2.45) is 11.5 Å². The van der Waals surface area contributed by atoms with E-state index in [4.69, 9.17) is 11.5 Å². The fourth-order valence-electron chi connectivity index (χ4n) is 2.15. The lowest BCUT2D eigenvalue weighted by Crippen LogP contribution is -2.16. The van der Waals surface area contributed by atoms with E-state index in [1.54, 1.807) is 18.2 Å². The molecule has 0 saturated heterocycles. The lowest BCUT2D eigenvalue weighted by atomic mass is 9.97. The smallest absolute Gasteiger partial charge is 0.249 e. The first-order chi connectivity index (χ1) is 10.2. The van der Waals surface area contributed by atoms with Gasteiger partial charge in [0.1, 0.15) is 0 Å². The zero-order valence-corrected chi connectivity index (χ0v) is 12.6. The molecule has 0 aliphatic carbocycles. The van der Waals surface area contributed by atoms with Crippen molar-refractivity contribution in [3.63, 3.8) is 0 Å². The average Bonchev–Trinajstić information content (AvgIpc) is 2.45. The highest BCUT2D eigenvalue weighted by Gasteiger charge is 2.19. The van der Waals surface area contributed by atoms with Gasteiger partial charge in [0.15, 0.2) is 9.84 Å². The standard InChI is InChI=1S/C15H14N2O4S/c1-22(20,21)13-5-3-2-4-11(13)10-7-6-9(14(16)18)8-12(10)15(17)19/h2-8H,1H3,(H2,16,18)(H2,17,19). The summed E-state index contributed by atoms with van der Waals surface area (Å²) in [5.41, 5.74) is 11.4. The third kappa shape index (κ3) is 2.99. The van der Waals surface area contributed by atoms with Gasteiger partial charge in [0, 0.05) is 22.9 Å². The first-order valence-electron chi connectivity index (χ1n) is 6.25. The molecule has 7 heteroatoms. The van der Waals surface area contributed by atoms with E-state index in [1.165, 1.54) is 24.3 Å². The van der Waals surface area contributed by atoms with Crippen molar-refractivity contribution in [3.05, 3.63) is 53.6 Å². The molecule has 4 N–H and O–H groups in total. The van der Waals surface area contributed by atoms with Gasteiger partial charge in [-0.1, -0.05) is 24.3 Å². The van der Waals surface area contributed by atoms with E-state index < -0.39 is 21.7 Å². The van der Waals surface area contributed by atoms with Gasteiger partial charge >= 0.3 is 0 Å². The van der Waals surface area contributed by atoms with Gasteiger partial charge in [-0.3, -0.25) is 9.59 Å². The minimum atomic E-state index is -3.49. The zero-order chi connectivity index (χ0) is 16.5. The molecule has 0 aromatic heterocycles. The van der Waals surface area contributed by atoms with Gasteiger partial charge in [0.2, 0.25) is 11.8 Å². The van der Waals surface area contributed by atoms with Crippen LogP contribution in [-0.4, -0.2) is 26.5 Å². The van der Waals surface area contributed by atoms with Crippen LogP contribution in [0.25, 0.3) is 11.1 Å². The van der Waals surface area contributed by atoms with Crippen molar-refractivity contribution in [3.8, 4) is 11.1 Å². The SMILES string of the molecule is CS(=O)(=O)c1ccccc1-c1ccc(C(N)=O)cc1C(N)=O. The van der Waals surface area contributed by atoms with Gasteiger partial charge < -0.3 is 11.5 Å². The maximum absolute atomic E-state index is 11.9. The molecule has 114 valence electrons. The quantitative estimate of drug-likeness (QED) is 0.872. The topological polar surface area (TPSA) is 120 Å². The number of amides is 2. The number of sulfone groups is 1. The van der Waals surface area contributed by atoms with E-state index in [2.05, 4.69) is 0 Å². The molecular formula is C15H14N2O4S. The Morgan fingerprint density at radius 3 is 2.09 bits per heavy atom. The number of hydrogen-bond acceptors (Lipinski definition) is 4. The molecule has 6 nitrogen and oxygen atoms in total. The number of nitrogens with two attached hydrogens (primary N) is 2. The second kappa shape index (κ2) is 5.61. The zero-order valence-electron chi connectivity index (χ0n) is 11.7. The van der Waals surface area contributed by atoms with Gasteiger partial charge in [-0.2, -0.15) is 0 Å². The molecule has 0 fully saturated rings. The van der Waals surface area contributed by atoms with Crippen molar-refractivity contribution in [1.29, 1.82) is 0 Å². The Labute approximate surface area is 127 Å². The van der Waals surface area contributed by atoms with Gasteiger partial charge in [-0.05, 0) is 23.8 Å². The Balaban J connectivity index is 2.79. The number of hydrogen-bond donors (Lipinski definition) is 2. The number of benzene rings is 2. The van der Waals surface area contributed by atoms with Crippen LogP contribution in [0.4, 0.5) is 0 Å². The van der Waals surface area contributed by atoms with Crippen LogP contribution in [0.3, 0.4) is 0 Å². The molecular weight excluding hydrogens is 304 g/mol. The number of primary amides is 2. The summed E-state index contributed by atoms with van der Waals surface area (Å²) >= 11 is 0. The molecule has 2 aromatic carbocycles. The molecule has 0 radical (unpaired) electrons.